The van der Waals surface area contributed by atoms with Gasteiger partial charge < -0.3 is 19.7 Å². The molecule has 0 bridgehead atoms. The Morgan fingerprint density at radius 1 is 1.23 bits per heavy atom. The lowest BCUT2D eigenvalue weighted by Crippen LogP contribution is -2.49. The van der Waals surface area contributed by atoms with Crippen molar-refractivity contribution in [3.8, 4) is 5.75 Å². The quantitative estimate of drug-likeness (QED) is 0.839. The largest absolute Gasteiger partial charge is 0.573 e. The molecule has 1 N–H and O–H groups in total. The SMILES string of the molecule is C[C@@H]1CN(C(=S)Nc2ccc(OC(F)(F)F)cc2)C[C@@H](C)O1. The molecule has 0 radical (unpaired) electrons. The first-order valence-electron chi connectivity index (χ1n) is 6.80. The fourth-order valence-corrected chi connectivity index (χ4v) is 2.55. The summed E-state index contributed by atoms with van der Waals surface area (Å²) in [5, 5.41) is 3.53. The lowest BCUT2D eigenvalue weighted by Gasteiger charge is -2.36. The smallest absolute Gasteiger partial charge is 0.406 e. The van der Waals surface area contributed by atoms with Crippen LogP contribution in [0.3, 0.4) is 0 Å². The molecule has 0 aromatic heterocycles. The molecule has 0 amide bonds. The Morgan fingerprint density at radius 3 is 2.27 bits per heavy atom. The molecule has 1 aromatic carbocycles. The maximum atomic E-state index is 12.1. The molecule has 4 nitrogen and oxygen atoms in total. The van der Waals surface area contributed by atoms with E-state index in [0.717, 1.165) is 0 Å². The van der Waals surface area contributed by atoms with E-state index < -0.39 is 6.36 Å². The van der Waals surface area contributed by atoms with Gasteiger partial charge in [0.1, 0.15) is 5.75 Å². The average Bonchev–Trinajstić information content (AvgIpc) is 2.38. The van der Waals surface area contributed by atoms with Gasteiger partial charge in [-0.25, -0.2) is 0 Å². The number of thiocarbonyl (C=S) groups is 1. The first-order valence-corrected chi connectivity index (χ1v) is 7.21. The van der Waals surface area contributed by atoms with Gasteiger partial charge in [0.2, 0.25) is 0 Å². The van der Waals surface area contributed by atoms with Crippen molar-refractivity contribution < 1.29 is 22.6 Å². The third-order valence-corrected chi connectivity index (χ3v) is 3.41. The van der Waals surface area contributed by atoms with E-state index in [0.29, 0.717) is 23.9 Å². The molecule has 1 fully saturated rings. The summed E-state index contributed by atoms with van der Waals surface area (Å²) in [6, 6.07) is 5.45. The van der Waals surface area contributed by atoms with E-state index in [1.54, 1.807) is 0 Å². The summed E-state index contributed by atoms with van der Waals surface area (Å²) < 4.78 is 45.7. The van der Waals surface area contributed by atoms with E-state index >= 15 is 0 Å². The monoisotopic (exact) mass is 334 g/mol. The molecule has 8 heteroatoms. The molecule has 122 valence electrons. The van der Waals surface area contributed by atoms with E-state index in [9.17, 15) is 13.2 Å². The molecule has 0 unspecified atom stereocenters. The molecule has 1 aliphatic heterocycles. The highest BCUT2D eigenvalue weighted by atomic mass is 32.1. The van der Waals surface area contributed by atoms with Gasteiger partial charge in [0.05, 0.1) is 12.2 Å². The molecule has 0 spiro atoms. The van der Waals surface area contributed by atoms with Crippen LogP contribution < -0.4 is 10.1 Å². The van der Waals surface area contributed by atoms with Crippen LogP contribution in [0.1, 0.15) is 13.8 Å². The Labute approximate surface area is 132 Å². The summed E-state index contributed by atoms with van der Waals surface area (Å²) in [5.41, 5.74) is 0.603. The van der Waals surface area contributed by atoms with Gasteiger partial charge >= 0.3 is 6.36 Å². The summed E-state index contributed by atoms with van der Waals surface area (Å²) in [5.74, 6) is -0.266. The van der Waals surface area contributed by atoms with Crippen molar-refractivity contribution in [2.24, 2.45) is 0 Å². The zero-order chi connectivity index (χ0) is 16.3. The van der Waals surface area contributed by atoms with Gasteiger partial charge in [-0.3, -0.25) is 0 Å². The maximum absolute atomic E-state index is 12.1. The molecule has 0 aliphatic carbocycles. The third-order valence-electron chi connectivity index (χ3n) is 3.05. The van der Waals surface area contributed by atoms with E-state index in [4.69, 9.17) is 17.0 Å². The van der Waals surface area contributed by atoms with Gasteiger partial charge in [-0.15, -0.1) is 13.2 Å². The minimum Gasteiger partial charge on any atom is -0.406 e. The zero-order valence-corrected chi connectivity index (χ0v) is 13.0. The minimum absolute atomic E-state index is 0.0751. The second-order valence-electron chi connectivity index (χ2n) is 5.16. The van der Waals surface area contributed by atoms with Crippen LogP contribution in [0.4, 0.5) is 18.9 Å². The van der Waals surface area contributed by atoms with Crippen molar-refractivity contribution in [3.63, 3.8) is 0 Å². The molecule has 2 rings (SSSR count). The summed E-state index contributed by atoms with van der Waals surface area (Å²) in [6.07, 6.45) is -4.54. The number of hydrogen-bond acceptors (Lipinski definition) is 3. The molecular weight excluding hydrogens is 317 g/mol. The zero-order valence-electron chi connectivity index (χ0n) is 12.2. The van der Waals surface area contributed by atoms with E-state index in [-0.39, 0.29) is 18.0 Å². The van der Waals surface area contributed by atoms with Gasteiger partial charge in [-0.05, 0) is 50.3 Å². The topological polar surface area (TPSA) is 33.7 Å². The Hall–Kier alpha value is -1.54. The normalized spacial score (nSPS) is 22.3. The molecular formula is C14H17F3N2O2S. The molecule has 0 saturated carbocycles. The van der Waals surface area contributed by atoms with Crippen LogP contribution in [-0.2, 0) is 4.74 Å². The number of hydrogen-bond donors (Lipinski definition) is 1. The van der Waals surface area contributed by atoms with Gasteiger partial charge in [0.15, 0.2) is 5.11 Å². The second-order valence-corrected chi connectivity index (χ2v) is 5.55. The standard InChI is InChI=1S/C14H17F3N2O2S/c1-9-7-19(8-10(2)20-9)13(22)18-11-3-5-12(6-4-11)21-14(15,16)17/h3-6,9-10H,7-8H2,1-2H3,(H,18,22)/t9-,10-/m1/s1. The van der Waals surface area contributed by atoms with Crippen LogP contribution in [0.2, 0.25) is 0 Å². The van der Waals surface area contributed by atoms with Crippen LogP contribution in [0.15, 0.2) is 24.3 Å². The van der Waals surface area contributed by atoms with Crippen molar-refractivity contribution >= 4 is 23.0 Å². The number of nitrogens with zero attached hydrogens (tertiary/aromatic N) is 1. The summed E-state index contributed by atoms with van der Waals surface area (Å²) in [6.45, 7) is 5.28. The molecule has 2 atom stereocenters. The lowest BCUT2D eigenvalue weighted by atomic mass is 10.2. The van der Waals surface area contributed by atoms with Crippen molar-refractivity contribution in [2.45, 2.75) is 32.4 Å². The van der Waals surface area contributed by atoms with E-state index in [1.807, 2.05) is 18.7 Å². The number of nitrogens with one attached hydrogen (secondary N) is 1. The number of morpholine rings is 1. The molecule has 1 aromatic rings. The number of ether oxygens (including phenoxy) is 2. The highest BCUT2D eigenvalue weighted by Gasteiger charge is 2.31. The third kappa shape index (κ3) is 5.03. The Balaban J connectivity index is 1.94. The van der Waals surface area contributed by atoms with Gasteiger partial charge in [0.25, 0.3) is 0 Å². The van der Waals surface area contributed by atoms with E-state index in [1.165, 1.54) is 24.3 Å². The van der Waals surface area contributed by atoms with Crippen molar-refractivity contribution in [1.82, 2.24) is 4.90 Å². The number of halogens is 3. The molecule has 1 aliphatic rings. The van der Waals surface area contributed by atoms with Crippen molar-refractivity contribution in [3.05, 3.63) is 24.3 Å². The Kier molecular flexibility index (Phi) is 5.12. The van der Waals surface area contributed by atoms with Crippen molar-refractivity contribution in [1.29, 1.82) is 0 Å². The van der Waals surface area contributed by atoms with Crippen LogP contribution >= 0.6 is 12.2 Å². The minimum atomic E-state index is -4.69. The highest BCUT2D eigenvalue weighted by molar-refractivity contribution is 7.80. The van der Waals surface area contributed by atoms with Crippen LogP contribution in [0, 0.1) is 0 Å². The maximum Gasteiger partial charge on any atom is 0.573 e. The fourth-order valence-electron chi connectivity index (χ4n) is 2.29. The Morgan fingerprint density at radius 2 is 1.77 bits per heavy atom. The van der Waals surface area contributed by atoms with E-state index in [2.05, 4.69) is 10.1 Å². The molecule has 1 heterocycles. The number of benzene rings is 1. The lowest BCUT2D eigenvalue weighted by molar-refractivity contribution is -0.274. The summed E-state index contributed by atoms with van der Waals surface area (Å²) >= 11 is 5.33. The summed E-state index contributed by atoms with van der Waals surface area (Å²) in [4.78, 5) is 1.98. The van der Waals surface area contributed by atoms with Gasteiger partial charge in [0, 0.05) is 18.8 Å². The predicted molar refractivity (Wildman–Crippen MR) is 80.9 cm³/mol. The van der Waals surface area contributed by atoms with Crippen LogP contribution in [-0.4, -0.2) is 41.7 Å². The molecule has 22 heavy (non-hydrogen) atoms. The van der Waals surface area contributed by atoms with Crippen molar-refractivity contribution in [2.75, 3.05) is 18.4 Å². The predicted octanol–water partition coefficient (Wildman–Crippen LogP) is 3.39. The fraction of sp³-hybridized carbons (Fsp3) is 0.500. The number of anilines is 1. The number of alkyl halides is 3. The van der Waals surface area contributed by atoms with Crippen LogP contribution in [0.25, 0.3) is 0 Å². The molecule has 1 saturated heterocycles. The van der Waals surface area contributed by atoms with Gasteiger partial charge in [-0.2, -0.15) is 0 Å². The first-order chi connectivity index (χ1) is 10.2. The second kappa shape index (κ2) is 6.70. The highest BCUT2D eigenvalue weighted by Crippen LogP contribution is 2.24. The first kappa shape index (κ1) is 16.8. The number of rotatable bonds is 2. The Bertz CT molecular complexity index is 512. The summed E-state index contributed by atoms with van der Waals surface area (Å²) in [7, 11) is 0. The average molecular weight is 334 g/mol. The van der Waals surface area contributed by atoms with Gasteiger partial charge in [-0.1, -0.05) is 0 Å². The van der Waals surface area contributed by atoms with Crippen LogP contribution in [0.5, 0.6) is 5.75 Å².